The fraction of sp³-hybridized carbons (Fsp3) is 0.185. The monoisotopic (exact) mass is 469 g/mol. The molecule has 0 spiro atoms. The number of carboxylic acids is 1. The van der Waals surface area contributed by atoms with Crippen LogP contribution >= 0.6 is 0 Å². The molecule has 0 radical (unpaired) electrons. The zero-order chi connectivity index (χ0) is 24.9. The van der Waals surface area contributed by atoms with Crippen LogP contribution in [0.2, 0.25) is 0 Å². The molecule has 0 aliphatic carbocycles. The standard InChI is InChI=1S/C27H24N4O4/c1-14-11-18(16(3)28-20-8-6-5-7-17(20)27(33)34)26-19(12-14)24(32)15(2)25(35-26)22-10-9-21-23(29-22)13-31(4)30-21/h5-13,16,28H,1-4H3,(H,33,34)/p+1. The second-order valence-corrected chi connectivity index (χ2v) is 8.81. The number of benzene rings is 2. The summed E-state index contributed by atoms with van der Waals surface area (Å²) in [5.41, 5.74) is 5.35. The van der Waals surface area contributed by atoms with E-state index in [0.29, 0.717) is 33.7 Å². The molecule has 0 aliphatic rings. The number of carbonyl (C=O) groups is 1. The number of nitrogens with zero attached hydrogens (tertiary/aromatic N) is 2. The number of aryl methyl sites for hydroxylation is 2. The zero-order valence-electron chi connectivity index (χ0n) is 19.8. The van der Waals surface area contributed by atoms with Gasteiger partial charge in [0.05, 0.1) is 17.0 Å². The van der Waals surface area contributed by atoms with Gasteiger partial charge in [0.15, 0.2) is 23.8 Å². The van der Waals surface area contributed by atoms with Crippen LogP contribution in [-0.4, -0.2) is 21.2 Å². The highest BCUT2D eigenvalue weighted by atomic mass is 16.4. The fourth-order valence-corrected chi connectivity index (χ4v) is 4.44. The van der Waals surface area contributed by atoms with Crippen molar-refractivity contribution >= 4 is 33.7 Å². The molecule has 3 heterocycles. The Morgan fingerprint density at radius 2 is 1.94 bits per heavy atom. The number of hydrogen-bond donors (Lipinski definition) is 3. The molecule has 0 saturated carbocycles. The van der Waals surface area contributed by atoms with Crippen molar-refractivity contribution in [3.8, 4) is 11.5 Å². The van der Waals surface area contributed by atoms with Crippen LogP contribution in [0.4, 0.5) is 5.69 Å². The van der Waals surface area contributed by atoms with Crippen LogP contribution < -0.4 is 15.4 Å². The molecule has 1 atom stereocenters. The molecule has 2 aromatic carbocycles. The molecular weight excluding hydrogens is 444 g/mol. The first kappa shape index (κ1) is 22.3. The summed E-state index contributed by atoms with van der Waals surface area (Å²) in [7, 11) is 1.88. The van der Waals surface area contributed by atoms with E-state index in [1.54, 1.807) is 31.2 Å². The van der Waals surface area contributed by atoms with Gasteiger partial charge in [-0.25, -0.2) is 9.78 Å². The lowest BCUT2D eigenvalue weighted by Crippen LogP contribution is -2.27. The van der Waals surface area contributed by atoms with Gasteiger partial charge in [-0.2, -0.15) is 5.10 Å². The molecule has 5 rings (SSSR count). The van der Waals surface area contributed by atoms with E-state index < -0.39 is 5.97 Å². The minimum atomic E-state index is -1.02. The molecule has 3 N–H and O–H groups in total. The van der Waals surface area contributed by atoms with Crippen molar-refractivity contribution < 1.29 is 19.0 Å². The second-order valence-electron chi connectivity index (χ2n) is 8.81. The summed E-state index contributed by atoms with van der Waals surface area (Å²) in [4.78, 5) is 29.8. The summed E-state index contributed by atoms with van der Waals surface area (Å²) in [6.07, 6.45) is 1.87. The molecule has 0 saturated heterocycles. The summed E-state index contributed by atoms with van der Waals surface area (Å²) >= 11 is 0. The fourth-order valence-electron chi connectivity index (χ4n) is 4.44. The number of para-hydroxylation sites is 1. The highest BCUT2D eigenvalue weighted by molar-refractivity contribution is 5.94. The number of anilines is 1. The molecule has 8 nitrogen and oxygen atoms in total. The molecule has 0 amide bonds. The zero-order valence-corrected chi connectivity index (χ0v) is 19.8. The summed E-state index contributed by atoms with van der Waals surface area (Å²) < 4.78 is 8.22. The number of nitrogens with one attached hydrogen (secondary N) is 2. The average molecular weight is 470 g/mol. The van der Waals surface area contributed by atoms with Gasteiger partial charge in [0.1, 0.15) is 16.8 Å². The maximum atomic E-state index is 13.4. The van der Waals surface area contributed by atoms with Crippen LogP contribution in [0.5, 0.6) is 0 Å². The van der Waals surface area contributed by atoms with Gasteiger partial charge in [-0.3, -0.25) is 4.79 Å². The number of rotatable bonds is 5. The lowest BCUT2D eigenvalue weighted by atomic mass is 9.99. The maximum absolute atomic E-state index is 13.4. The Kier molecular flexibility index (Phi) is 5.36. The van der Waals surface area contributed by atoms with Crippen LogP contribution in [0.1, 0.15) is 40.0 Å². The molecule has 1 unspecified atom stereocenters. The van der Waals surface area contributed by atoms with E-state index in [4.69, 9.17) is 9.40 Å². The Morgan fingerprint density at radius 1 is 1.17 bits per heavy atom. The molecule has 8 heteroatoms. The van der Waals surface area contributed by atoms with Gasteiger partial charge in [-0.15, -0.1) is 4.68 Å². The third kappa shape index (κ3) is 3.93. The Bertz CT molecular complexity index is 1680. The molecule has 3 aromatic heterocycles. The number of carboxylic acid groups (broad SMARTS) is 1. The molecule has 0 aliphatic heterocycles. The van der Waals surface area contributed by atoms with Gasteiger partial charge in [-0.05, 0) is 56.7 Å². The highest BCUT2D eigenvalue weighted by Crippen LogP contribution is 2.32. The Labute approximate surface area is 200 Å². The smallest absolute Gasteiger partial charge is 0.337 e. The Hall–Kier alpha value is -4.46. The Balaban J connectivity index is 1.68. The molecule has 35 heavy (non-hydrogen) atoms. The quantitative estimate of drug-likeness (QED) is 0.323. The minimum absolute atomic E-state index is 0.120. The normalized spacial score (nSPS) is 12.2. The lowest BCUT2D eigenvalue weighted by Gasteiger charge is -2.19. The van der Waals surface area contributed by atoms with Crippen molar-refractivity contribution in [2.24, 2.45) is 7.05 Å². The van der Waals surface area contributed by atoms with Gasteiger partial charge in [0, 0.05) is 16.8 Å². The van der Waals surface area contributed by atoms with Crippen molar-refractivity contribution in [2.45, 2.75) is 26.8 Å². The number of aromatic amines is 1. The predicted octanol–water partition coefficient (Wildman–Crippen LogP) is 4.65. The number of pyridine rings is 1. The van der Waals surface area contributed by atoms with E-state index in [-0.39, 0.29) is 17.0 Å². The number of aromatic nitrogens is 3. The predicted molar refractivity (Wildman–Crippen MR) is 134 cm³/mol. The molecule has 0 bridgehead atoms. The highest BCUT2D eigenvalue weighted by Gasteiger charge is 2.21. The largest absolute Gasteiger partial charge is 0.478 e. The second kappa shape index (κ2) is 8.39. The summed E-state index contributed by atoms with van der Waals surface area (Å²) in [5.74, 6) is -0.602. The molecule has 0 fully saturated rings. The van der Waals surface area contributed by atoms with Crippen molar-refractivity contribution in [2.75, 3.05) is 5.32 Å². The summed E-state index contributed by atoms with van der Waals surface area (Å²) in [6.45, 7) is 5.58. The van der Waals surface area contributed by atoms with Crippen molar-refractivity contribution in [3.63, 3.8) is 0 Å². The van der Waals surface area contributed by atoms with Crippen LogP contribution in [0, 0.1) is 13.8 Å². The first-order chi connectivity index (χ1) is 16.7. The lowest BCUT2D eigenvalue weighted by molar-refractivity contribution is -0.724. The van der Waals surface area contributed by atoms with Gasteiger partial charge in [0.25, 0.3) is 0 Å². The maximum Gasteiger partial charge on any atom is 0.337 e. The van der Waals surface area contributed by atoms with Crippen molar-refractivity contribution in [3.05, 3.63) is 87.2 Å². The first-order valence-corrected chi connectivity index (χ1v) is 11.3. The van der Waals surface area contributed by atoms with Crippen LogP contribution in [0.15, 0.2) is 63.9 Å². The van der Waals surface area contributed by atoms with E-state index in [2.05, 4.69) is 10.4 Å². The third-order valence-corrected chi connectivity index (χ3v) is 6.16. The van der Waals surface area contributed by atoms with E-state index in [9.17, 15) is 14.7 Å². The van der Waals surface area contributed by atoms with Gasteiger partial charge in [-0.1, -0.05) is 18.2 Å². The first-order valence-electron chi connectivity index (χ1n) is 11.3. The summed E-state index contributed by atoms with van der Waals surface area (Å²) in [5, 5.41) is 16.5. The number of H-pyrrole nitrogens is 1. The number of fused-ring (bicyclic) bond motifs is 2. The van der Waals surface area contributed by atoms with E-state index >= 15 is 0 Å². The van der Waals surface area contributed by atoms with Crippen molar-refractivity contribution in [1.82, 2.24) is 10.1 Å². The van der Waals surface area contributed by atoms with E-state index in [0.717, 1.165) is 22.2 Å². The number of aromatic carboxylic acids is 1. The molecule has 176 valence electrons. The molecule has 5 aromatic rings. The summed E-state index contributed by atoms with van der Waals surface area (Å²) in [6, 6.07) is 13.9. The average Bonchev–Trinajstić information content (AvgIpc) is 3.20. The topological polar surface area (TPSA) is 112 Å². The van der Waals surface area contributed by atoms with E-state index in [1.165, 1.54) is 0 Å². The Morgan fingerprint density at radius 3 is 2.71 bits per heavy atom. The van der Waals surface area contributed by atoms with Gasteiger partial charge >= 0.3 is 5.97 Å². The minimum Gasteiger partial charge on any atom is -0.478 e. The molecular formula is C27H25N4O4+. The van der Waals surface area contributed by atoms with Crippen LogP contribution in [0.25, 0.3) is 33.5 Å². The van der Waals surface area contributed by atoms with E-state index in [1.807, 2.05) is 56.0 Å². The van der Waals surface area contributed by atoms with Gasteiger partial charge < -0.3 is 14.8 Å². The third-order valence-electron chi connectivity index (χ3n) is 6.16. The number of hydrogen-bond acceptors (Lipinski definition) is 5. The van der Waals surface area contributed by atoms with Crippen LogP contribution in [0.3, 0.4) is 0 Å². The van der Waals surface area contributed by atoms with Crippen molar-refractivity contribution in [1.29, 1.82) is 0 Å². The SMILES string of the molecule is Cc1cc(C(C)Nc2ccccc2C(=O)O)c2oc(-c3ccc4[nH][n+](C)cc4n3)c(C)c(=O)c2c1. The van der Waals surface area contributed by atoms with Gasteiger partial charge in [0.2, 0.25) is 6.20 Å². The van der Waals surface area contributed by atoms with Crippen LogP contribution in [-0.2, 0) is 7.05 Å².